The van der Waals surface area contributed by atoms with E-state index in [-0.39, 0.29) is 25.6 Å². The third-order valence-electron chi connectivity index (χ3n) is 4.02. The number of hydrogen-bond donors (Lipinski definition) is 0. The zero-order valence-electron chi connectivity index (χ0n) is 14.8. The first-order valence-electron chi connectivity index (χ1n) is 8.22. The van der Waals surface area contributed by atoms with Crippen molar-refractivity contribution in [3.8, 4) is 0 Å². The maximum Gasteiger partial charge on any atom is 0.508 e. The molecule has 0 bridgehead atoms. The molecule has 7 nitrogen and oxygen atoms in total. The van der Waals surface area contributed by atoms with E-state index < -0.39 is 17.4 Å². The van der Waals surface area contributed by atoms with E-state index in [2.05, 4.69) is 6.58 Å². The highest BCUT2D eigenvalue weighted by molar-refractivity contribution is 5.69. The predicted molar refractivity (Wildman–Crippen MR) is 86.4 cm³/mol. The third kappa shape index (κ3) is 6.49. The van der Waals surface area contributed by atoms with Crippen molar-refractivity contribution in [2.45, 2.75) is 45.8 Å². The lowest BCUT2D eigenvalue weighted by molar-refractivity contribution is -0.302. The van der Waals surface area contributed by atoms with E-state index in [1.165, 1.54) is 6.08 Å². The largest absolute Gasteiger partial charge is 0.508 e. The van der Waals surface area contributed by atoms with Crippen LogP contribution in [0.3, 0.4) is 0 Å². The van der Waals surface area contributed by atoms with Crippen LogP contribution in [0.2, 0.25) is 0 Å². The van der Waals surface area contributed by atoms with Crippen LogP contribution in [0.4, 0.5) is 4.79 Å². The van der Waals surface area contributed by atoms with Gasteiger partial charge in [0.25, 0.3) is 0 Å². The van der Waals surface area contributed by atoms with Crippen LogP contribution < -0.4 is 0 Å². The van der Waals surface area contributed by atoms with Gasteiger partial charge in [-0.2, -0.15) is 0 Å². The molecule has 0 amide bonds. The lowest BCUT2D eigenvalue weighted by atomic mass is 9.86. The summed E-state index contributed by atoms with van der Waals surface area (Å²) in [6, 6.07) is 0. The van der Waals surface area contributed by atoms with E-state index in [0.29, 0.717) is 26.2 Å². The highest BCUT2D eigenvalue weighted by Crippen LogP contribution is 2.35. The number of esters is 1. The Labute approximate surface area is 143 Å². The Morgan fingerprint density at radius 3 is 2.38 bits per heavy atom. The molecule has 0 N–H and O–H groups in total. The van der Waals surface area contributed by atoms with Crippen molar-refractivity contribution in [3.05, 3.63) is 12.7 Å². The number of carbonyl (C=O) groups excluding carboxylic acids is 2. The molecule has 0 unspecified atom stereocenters. The Kier molecular flexibility index (Phi) is 8.21. The van der Waals surface area contributed by atoms with Gasteiger partial charge in [-0.1, -0.05) is 19.6 Å². The zero-order chi connectivity index (χ0) is 18.1. The molecule has 0 aliphatic carbocycles. The maximum absolute atomic E-state index is 11.5. The fraction of sp³-hybridized carbons (Fsp3) is 0.765. The summed E-state index contributed by atoms with van der Waals surface area (Å²) >= 11 is 0. The summed E-state index contributed by atoms with van der Waals surface area (Å²) in [5.74, 6) is -1.11. The van der Waals surface area contributed by atoms with Gasteiger partial charge in [0.1, 0.15) is 13.2 Å². The summed E-state index contributed by atoms with van der Waals surface area (Å²) in [5, 5.41) is 0. The van der Waals surface area contributed by atoms with Crippen molar-refractivity contribution in [2.75, 3.05) is 33.0 Å². The second kappa shape index (κ2) is 9.64. The average molecular weight is 344 g/mol. The molecular weight excluding hydrogens is 316 g/mol. The van der Waals surface area contributed by atoms with Crippen LogP contribution in [0.15, 0.2) is 12.7 Å². The van der Waals surface area contributed by atoms with Crippen LogP contribution in [-0.2, 0) is 28.5 Å². The van der Waals surface area contributed by atoms with Gasteiger partial charge in [-0.3, -0.25) is 4.79 Å². The summed E-state index contributed by atoms with van der Waals surface area (Å²) in [5.41, 5.74) is -0.420. The molecule has 1 heterocycles. The number of ether oxygens (including phenoxy) is 5. The van der Waals surface area contributed by atoms with E-state index in [1.807, 2.05) is 6.92 Å². The van der Waals surface area contributed by atoms with Gasteiger partial charge < -0.3 is 23.7 Å². The molecule has 24 heavy (non-hydrogen) atoms. The van der Waals surface area contributed by atoms with Crippen LogP contribution in [0.25, 0.3) is 0 Å². The highest BCUT2D eigenvalue weighted by atomic mass is 16.7. The first-order chi connectivity index (χ1) is 11.4. The first-order valence-corrected chi connectivity index (χ1v) is 8.22. The van der Waals surface area contributed by atoms with E-state index in [1.54, 1.807) is 13.8 Å². The minimum absolute atomic E-state index is 0.108. The van der Waals surface area contributed by atoms with E-state index in [4.69, 9.17) is 23.7 Å². The molecule has 0 aromatic heterocycles. The summed E-state index contributed by atoms with van der Waals surface area (Å²) in [7, 11) is 0. The molecule has 0 atom stereocenters. The van der Waals surface area contributed by atoms with Crippen LogP contribution in [0.5, 0.6) is 0 Å². The van der Waals surface area contributed by atoms with E-state index in [0.717, 1.165) is 6.42 Å². The molecule has 1 rings (SSSR count). The molecular formula is C17H28O7. The van der Waals surface area contributed by atoms with Crippen molar-refractivity contribution in [3.63, 3.8) is 0 Å². The minimum atomic E-state index is -0.839. The Balaban J connectivity index is 2.45. The Hall–Kier alpha value is -1.60. The minimum Gasteiger partial charge on any atom is -0.466 e. The topological polar surface area (TPSA) is 80.3 Å². The number of carbonyl (C=O) groups is 2. The highest BCUT2D eigenvalue weighted by Gasteiger charge is 2.42. The molecule has 1 saturated heterocycles. The molecule has 0 saturated carbocycles. The van der Waals surface area contributed by atoms with Crippen LogP contribution in [0.1, 0.15) is 40.0 Å². The molecule has 0 aromatic carbocycles. The van der Waals surface area contributed by atoms with Crippen molar-refractivity contribution >= 4 is 12.1 Å². The fourth-order valence-corrected chi connectivity index (χ4v) is 2.17. The summed E-state index contributed by atoms with van der Waals surface area (Å²) in [4.78, 5) is 22.9. The van der Waals surface area contributed by atoms with Crippen molar-refractivity contribution in [1.29, 1.82) is 0 Å². The second-order valence-corrected chi connectivity index (χ2v) is 6.01. The van der Waals surface area contributed by atoms with Crippen molar-refractivity contribution in [1.82, 2.24) is 0 Å². The fourth-order valence-electron chi connectivity index (χ4n) is 2.17. The predicted octanol–water partition coefficient (Wildman–Crippen LogP) is 2.83. The molecule has 0 radical (unpaired) electrons. The van der Waals surface area contributed by atoms with E-state index >= 15 is 0 Å². The molecule has 138 valence electrons. The summed E-state index contributed by atoms with van der Waals surface area (Å²) in [6.07, 6.45) is 2.09. The van der Waals surface area contributed by atoms with Crippen LogP contribution in [0, 0.1) is 5.41 Å². The zero-order valence-corrected chi connectivity index (χ0v) is 14.8. The standard InChI is InChI=1S/C17H28O7/c1-5-10-21-15(19)22-11-17(6-2)12-23-16(4,24-13-17)9-8-14(18)20-7-3/h5H,1,6-13H2,2-4H3. The monoisotopic (exact) mass is 344 g/mol. The van der Waals surface area contributed by atoms with Crippen molar-refractivity contribution < 1.29 is 33.3 Å². The van der Waals surface area contributed by atoms with Gasteiger partial charge in [-0.15, -0.1) is 0 Å². The molecule has 1 aliphatic rings. The van der Waals surface area contributed by atoms with Gasteiger partial charge >= 0.3 is 12.1 Å². The molecule has 7 heteroatoms. The number of rotatable bonds is 9. The van der Waals surface area contributed by atoms with Gasteiger partial charge in [-0.25, -0.2) is 4.79 Å². The lowest BCUT2D eigenvalue weighted by Gasteiger charge is -2.44. The van der Waals surface area contributed by atoms with Crippen LogP contribution in [-0.4, -0.2) is 50.9 Å². The maximum atomic E-state index is 11.5. The Morgan fingerprint density at radius 2 is 1.83 bits per heavy atom. The lowest BCUT2D eigenvalue weighted by Crippen LogP contribution is -2.50. The van der Waals surface area contributed by atoms with Gasteiger partial charge in [-0.05, 0) is 20.3 Å². The normalized spacial score (nSPS) is 26.5. The van der Waals surface area contributed by atoms with Gasteiger partial charge in [0.2, 0.25) is 0 Å². The van der Waals surface area contributed by atoms with Gasteiger partial charge in [0, 0.05) is 6.42 Å². The van der Waals surface area contributed by atoms with Crippen molar-refractivity contribution in [2.24, 2.45) is 5.41 Å². The molecule has 0 aromatic rings. The second-order valence-electron chi connectivity index (χ2n) is 6.01. The SMILES string of the molecule is C=CCOC(=O)OCC1(CC)COC(C)(CCC(=O)OCC)OC1. The summed E-state index contributed by atoms with van der Waals surface area (Å²) < 4.78 is 26.5. The molecule has 0 spiro atoms. The van der Waals surface area contributed by atoms with Gasteiger partial charge in [0.05, 0.1) is 31.7 Å². The van der Waals surface area contributed by atoms with Gasteiger partial charge in [0.15, 0.2) is 5.79 Å². The van der Waals surface area contributed by atoms with Crippen LogP contribution >= 0.6 is 0 Å². The first kappa shape index (κ1) is 20.4. The Bertz CT molecular complexity index is 425. The molecule has 1 fully saturated rings. The number of hydrogen-bond acceptors (Lipinski definition) is 7. The third-order valence-corrected chi connectivity index (χ3v) is 4.02. The quantitative estimate of drug-likeness (QED) is 0.470. The smallest absolute Gasteiger partial charge is 0.466 e. The molecule has 1 aliphatic heterocycles. The Morgan fingerprint density at radius 1 is 1.17 bits per heavy atom. The van der Waals surface area contributed by atoms with E-state index in [9.17, 15) is 9.59 Å². The summed E-state index contributed by atoms with van der Waals surface area (Å²) in [6.45, 7) is 10.4. The average Bonchev–Trinajstić information content (AvgIpc) is 2.59.